The molecule has 1 fully saturated rings. The van der Waals surface area contributed by atoms with Gasteiger partial charge >= 0.3 is 12.4 Å². The highest BCUT2D eigenvalue weighted by Crippen LogP contribution is 2.60. The second-order valence-electron chi connectivity index (χ2n) is 5.21. The van der Waals surface area contributed by atoms with Gasteiger partial charge in [-0.2, -0.15) is 26.3 Å². The average Bonchev–Trinajstić information content (AvgIpc) is 3.09. The number of fused-ring (bicyclic) bond motifs is 2. The number of hydrogen-bond acceptors (Lipinski definition) is 2. The molecule has 0 radical (unpaired) electrons. The molecule has 3 rings (SSSR count). The van der Waals surface area contributed by atoms with Gasteiger partial charge in [-0.05, 0) is 18.6 Å². The van der Waals surface area contributed by atoms with Gasteiger partial charge < -0.3 is 9.32 Å². The fourth-order valence-corrected chi connectivity index (χ4v) is 3.31. The molecule has 2 heterocycles. The van der Waals surface area contributed by atoms with Crippen molar-refractivity contribution in [2.75, 3.05) is 0 Å². The van der Waals surface area contributed by atoms with Gasteiger partial charge in [0.25, 0.3) is 5.91 Å². The first-order chi connectivity index (χ1) is 10.1. The molecule has 1 aliphatic carbocycles. The molecule has 1 aliphatic heterocycles. The van der Waals surface area contributed by atoms with Crippen LogP contribution in [0.5, 0.6) is 0 Å². The lowest BCUT2D eigenvalue weighted by Crippen LogP contribution is -2.70. The van der Waals surface area contributed by atoms with Crippen LogP contribution in [0.1, 0.15) is 17.0 Å². The molecule has 9 heteroatoms. The van der Waals surface area contributed by atoms with Crippen molar-refractivity contribution < 1.29 is 35.6 Å². The van der Waals surface area contributed by atoms with Gasteiger partial charge in [-0.3, -0.25) is 4.79 Å². The summed E-state index contributed by atoms with van der Waals surface area (Å²) >= 11 is 0. The van der Waals surface area contributed by atoms with E-state index in [1.807, 2.05) is 0 Å². The highest BCUT2D eigenvalue weighted by molar-refractivity contribution is 5.93. The van der Waals surface area contributed by atoms with Crippen LogP contribution in [0.3, 0.4) is 0 Å². The van der Waals surface area contributed by atoms with Crippen molar-refractivity contribution in [3.05, 3.63) is 36.3 Å². The third kappa shape index (κ3) is 1.67. The van der Waals surface area contributed by atoms with Crippen molar-refractivity contribution in [3.63, 3.8) is 0 Å². The Morgan fingerprint density at radius 2 is 1.82 bits per heavy atom. The van der Waals surface area contributed by atoms with E-state index in [0.717, 1.165) is 18.4 Å². The third-order valence-electron chi connectivity index (χ3n) is 4.12. The maximum Gasteiger partial charge on any atom is 0.421 e. The Balaban J connectivity index is 2.18. The Labute approximate surface area is 120 Å². The summed E-state index contributed by atoms with van der Waals surface area (Å²) in [4.78, 5) is 12.1. The molecule has 0 N–H and O–H groups in total. The van der Waals surface area contributed by atoms with Crippen LogP contribution in [-0.4, -0.2) is 34.7 Å². The van der Waals surface area contributed by atoms with E-state index < -0.39 is 47.9 Å². The van der Waals surface area contributed by atoms with Gasteiger partial charge in [0.15, 0.2) is 5.76 Å². The molecule has 0 unspecified atom stereocenters. The second-order valence-corrected chi connectivity index (χ2v) is 5.21. The molecule has 0 aromatic carbocycles. The number of carbonyl (C=O) groups is 1. The smallest absolute Gasteiger partial charge is 0.421 e. The van der Waals surface area contributed by atoms with Crippen LogP contribution in [0, 0.1) is 5.92 Å². The maximum absolute atomic E-state index is 13.4. The van der Waals surface area contributed by atoms with Crippen LogP contribution < -0.4 is 0 Å². The summed E-state index contributed by atoms with van der Waals surface area (Å²) in [5.74, 6) is -3.83. The minimum absolute atomic E-state index is 0.128. The van der Waals surface area contributed by atoms with E-state index in [2.05, 4.69) is 4.42 Å². The summed E-state index contributed by atoms with van der Waals surface area (Å²) < 4.78 is 85.3. The SMILES string of the molecule is O=C(c1ccco1)N1[C@H]2C=C[C@@H](C2)C1(C(F)(F)F)C(F)(F)F. The van der Waals surface area contributed by atoms with Crippen LogP contribution in [0.15, 0.2) is 35.0 Å². The number of likely N-dealkylation sites (tertiary alicyclic amines) is 1. The fraction of sp³-hybridized carbons (Fsp3) is 0.462. The molecule has 22 heavy (non-hydrogen) atoms. The third-order valence-corrected chi connectivity index (χ3v) is 4.12. The minimum Gasteiger partial charge on any atom is -0.459 e. The number of nitrogens with zero attached hydrogens (tertiary/aromatic N) is 1. The molecular weight excluding hydrogens is 316 g/mol. The summed E-state index contributed by atoms with van der Waals surface area (Å²) in [6.45, 7) is 0. The summed E-state index contributed by atoms with van der Waals surface area (Å²) in [6, 6.07) is 1.00. The van der Waals surface area contributed by atoms with Crippen LogP contribution in [0.2, 0.25) is 0 Å². The molecular formula is C13H9F6NO2. The van der Waals surface area contributed by atoms with E-state index in [0.29, 0.717) is 0 Å². The normalized spacial score (nSPS) is 26.7. The molecule has 0 saturated carbocycles. The summed E-state index contributed by atoms with van der Waals surface area (Å²) in [5, 5.41) is 0. The lowest BCUT2D eigenvalue weighted by molar-refractivity contribution is -0.336. The Kier molecular flexibility index (Phi) is 2.93. The molecule has 1 amide bonds. The summed E-state index contributed by atoms with van der Waals surface area (Å²) in [5.41, 5.74) is -4.22. The number of alkyl halides is 6. The van der Waals surface area contributed by atoms with Crippen molar-refractivity contribution in [1.29, 1.82) is 0 Å². The van der Waals surface area contributed by atoms with Crippen molar-refractivity contribution in [2.45, 2.75) is 30.4 Å². The van der Waals surface area contributed by atoms with Crippen molar-refractivity contribution in [3.8, 4) is 0 Å². The zero-order valence-electron chi connectivity index (χ0n) is 10.8. The van der Waals surface area contributed by atoms with E-state index >= 15 is 0 Å². The van der Waals surface area contributed by atoms with E-state index in [1.54, 1.807) is 0 Å². The highest BCUT2D eigenvalue weighted by Gasteiger charge is 2.81. The van der Waals surface area contributed by atoms with Gasteiger partial charge in [0, 0.05) is 5.92 Å². The first kappa shape index (κ1) is 15.0. The van der Waals surface area contributed by atoms with Crippen molar-refractivity contribution in [2.24, 2.45) is 5.92 Å². The number of furan rings is 1. The standard InChI is InChI=1S/C13H9F6NO2/c14-12(15,16)11(13(17,18)19)7-3-4-8(6-7)20(11)10(21)9-2-1-5-22-9/h1-5,7-8H,6H2/t7-,8-/m0/s1. The first-order valence-electron chi connectivity index (χ1n) is 6.29. The van der Waals surface area contributed by atoms with Gasteiger partial charge in [-0.25, -0.2) is 0 Å². The Morgan fingerprint density at radius 1 is 1.18 bits per heavy atom. The predicted octanol–water partition coefficient (Wildman–Crippen LogP) is 3.54. The van der Waals surface area contributed by atoms with Crippen molar-refractivity contribution in [1.82, 2.24) is 4.90 Å². The number of carbonyl (C=O) groups excluding carboxylic acids is 1. The lowest BCUT2D eigenvalue weighted by atomic mass is 9.83. The molecule has 2 aliphatic rings. The number of halogens is 6. The maximum atomic E-state index is 13.4. The Hall–Kier alpha value is -1.93. The average molecular weight is 325 g/mol. The van der Waals surface area contributed by atoms with Gasteiger partial charge in [0.1, 0.15) is 0 Å². The molecule has 1 aromatic heterocycles. The van der Waals surface area contributed by atoms with E-state index in [-0.39, 0.29) is 4.90 Å². The minimum atomic E-state index is -5.66. The Morgan fingerprint density at radius 3 is 2.32 bits per heavy atom. The predicted molar refractivity (Wildman–Crippen MR) is 60.8 cm³/mol. The van der Waals surface area contributed by atoms with Crippen LogP contribution in [-0.2, 0) is 0 Å². The molecule has 1 aromatic rings. The van der Waals surface area contributed by atoms with E-state index in [4.69, 9.17) is 0 Å². The van der Waals surface area contributed by atoms with Crippen LogP contribution in [0.25, 0.3) is 0 Å². The summed E-state index contributed by atoms with van der Waals surface area (Å²) in [6.07, 6.45) is -8.63. The van der Waals surface area contributed by atoms with Gasteiger partial charge in [0.05, 0.1) is 12.3 Å². The lowest BCUT2D eigenvalue weighted by Gasteiger charge is -2.45. The first-order valence-corrected chi connectivity index (χ1v) is 6.29. The largest absolute Gasteiger partial charge is 0.459 e. The Bertz CT molecular complexity index is 601. The van der Waals surface area contributed by atoms with Gasteiger partial charge in [-0.15, -0.1) is 0 Å². The molecule has 120 valence electrons. The number of rotatable bonds is 1. The van der Waals surface area contributed by atoms with Crippen LogP contribution >= 0.6 is 0 Å². The van der Waals surface area contributed by atoms with Gasteiger partial charge in [0.2, 0.25) is 5.54 Å². The fourth-order valence-electron chi connectivity index (χ4n) is 3.31. The molecule has 0 spiro atoms. The number of amides is 1. The monoisotopic (exact) mass is 325 g/mol. The van der Waals surface area contributed by atoms with E-state index in [9.17, 15) is 31.1 Å². The van der Waals surface area contributed by atoms with E-state index in [1.165, 1.54) is 12.1 Å². The number of hydrogen-bond donors (Lipinski definition) is 0. The quantitative estimate of drug-likeness (QED) is 0.584. The molecule has 2 bridgehead atoms. The molecule has 2 atom stereocenters. The molecule has 3 nitrogen and oxygen atoms in total. The zero-order chi connectivity index (χ0) is 16.3. The summed E-state index contributed by atoms with van der Waals surface area (Å²) in [7, 11) is 0. The van der Waals surface area contributed by atoms with Crippen LogP contribution in [0.4, 0.5) is 26.3 Å². The van der Waals surface area contributed by atoms with Gasteiger partial charge in [-0.1, -0.05) is 12.2 Å². The molecule has 1 saturated heterocycles. The highest BCUT2D eigenvalue weighted by atomic mass is 19.4. The van der Waals surface area contributed by atoms with Crippen molar-refractivity contribution >= 4 is 5.91 Å². The second kappa shape index (κ2) is 4.30. The zero-order valence-corrected chi connectivity index (χ0v) is 10.8. The topological polar surface area (TPSA) is 33.5 Å².